The predicted octanol–water partition coefficient (Wildman–Crippen LogP) is -0.423. The number of aliphatic hydroxyl groups is 2. The molecule has 3 unspecified atom stereocenters. The van der Waals surface area contributed by atoms with Gasteiger partial charge in [0.2, 0.25) is 18.3 Å². The number of rotatable bonds is 25. The Morgan fingerprint density at radius 2 is 1.43 bits per heavy atom. The van der Waals surface area contributed by atoms with Crippen LogP contribution in [0.15, 0.2) is 18.2 Å². The number of methoxy groups -OCH3 is 1. The minimum absolute atomic E-state index is 0.0189. The number of benzene rings is 1. The number of terminal acetylenes is 1. The van der Waals surface area contributed by atoms with Crippen LogP contribution in [0.2, 0.25) is 0 Å². The quantitative estimate of drug-likeness (QED) is 0.0324. The van der Waals surface area contributed by atoms with Crippen LogP contribution >= 0.6 is 0 Å². The van der Waals surface area contributed by atoms with Crippen molar-refractivity contribution < 1.29 is 81.6 Å². The lowest BCUT2D eigenvalue weighted by atomic mass is 9.97. The molecule has 1 amide bonds. The van der Waals surface area contributed by atoms with E-state index < -0.39 is 73.3 Å². The van der Waals surface area contributed by atoms with E-state index in [-0.39, 0.29) is 36.4 Å². The second-order valence-electron chi connectivity index (χ2n) is 11.4. The molecule has 2 rings (SSSR count). The summed E-state index contributed by atoms with van der Waals surface area (Å²) in [6, 6.07) is 4.22. The summed E-state index contributed by atoms with van der Waals surface area (Å²) in [7, 11) is 1.05. The summed E-state index contributed by atoms with van der Waals surface area (Å²) in [5.74, 6) is -1.66. The number of hydrogen-bond donors (Lipinski definition) is 4. The van der Waals surface area contributed by atoms with Crippen LogP contribution in [0.3, 0.4) is 0 Å². The number of aliphatic hydroxyl groups excluding tert-OH is 2. The van der Waals surface area contributed by atoms with Crippen LogP contribution in [0.5, 0.6) is 5.75 Å². The van der Waals surface area contributed by atoms with Gasteiger partial charge in [-0.3, -0.25) is 24.5 Å². The Labute approximate surface area is 313 Å². The number of carbonyl (C=O) groups is 5. The molecular weight excluding hydrogens is 720 g/mol. The Morgan fingerprint density at radius 1 is 0.852 bits per heavy atom. The van der Waals surface area contributed by atoms with Gasteiger partial charge in [-0.05, 0) is 24.6 Å². The Bertz CT molecular complexity index is 1390. The first-order valence-electron chi connectivity index (χ1n) is 17.0. The molecular formula is C35H50N2O17. The number of hydrogen-bond acceptors (Lipinski definition) is 18. The van der Waals surface area contributed by atoms with E-state index in [1.807, 2.05) is 0 Å². The van der Waals surface area contributed by atoms with Crippen LogP contribution in [-0.4, -0.2) is 143 Å². The lowest BCUT2D eigenvalue weighted by molar-refractivity contribution is -0.282. The van der Waals surface area contributed by atoms with Gasteiger partial charge in [0.25, 0.3) is 0 Å². The maximum atomic E-state index is 12.7. The van der Waals surface area contributed by atoms with E-state index in [2.05, 4.69) is 16.6 Å². The van der Waals surface area contributed by atoms with Crippen LogP contribution in [0.1, 0.15) is 39.2 Å². The maximum absolute atomic E-state index is 12.7. The van der Waals surface area contributed by atoms with E-state index in [1.165, 1.54) is 18.2 Å². The minimum atomic E-state index is -1.68. The first kappa shape index (κ1) is 45.8. The third kappa shape index (κ3) is 17.2. The molecule has 1 saturated heterocycles. The molecule has 0 aliphatic carbocycles. The van der Waals surface area contributed by atoms with Crippen molar-refractivity contribution in [2.24, 2.45) is 0 Å². The molecule has 1 aromatic rings. The number of nitrogens with one attached hydrogen (secondary N) is 2. The zero-order chi connectivity index (χ0) is 39.9. The highest BCUT2D eigenvalue weighted by Gasteiger charge is 2.56. The average Bonchev–Trinajstić information content (AvgIpc) is 3.12. The highest BCUT2D eigenvalue weighted by molar-refractivity contribution is 5.90. The van der Waals surface area contributed by atoms with Crippen molar-refractivity contribution >= 4 is 35.5 Å². The number of amides is 1. The molecule has 19 nitrogen and oxygen atoms in total. The van der Waals surface area contributed by atoms with E-state index in [9.17, 15) is 34.2 Å². The van der Waals surface area contributed by atoms with Crippen molar-refractivity contribution in [3.63, 3.8) is 0 Å². The molecule has 0 radical (unpaired) electrons. The lowest BCUT2D eigenvalue weighted by Gasteiger charge is -2.43. The van der Waals surface area contributed by atoms with E-state index in [4.69, 9.17) is 53.8 Å². The monoisotopic (exact) mass is 770 g/mol. The molecule has 1 heterocycles. The van der Waals surface area contributed by atoms with Crippen molar-refractivity contribution in [1.82, 2.24) is 5.32 Å². The molecule has 19 heteroatoms. The van der Waals surface area contributed by atoms with E-state index in [0.29, 0.717) is 52.8 Å². The second kappa shape index (κ2) is 25.6. The Kier molecular flexibility index (Phi) is 21.7. The molecule has 1 aromatic carbocycles. The number of carbonyl (C=O) groups excluding carboxylic acids is 5. The van der Waals surface area contributed by atoms with Gasteiger partial charge in [-0.1, -0.05) is 5.92 Å². The molecule has 0 aromatic heterocycles. The second-order valence-corrected chi connectivity index (χ2v) is 11.4. The first-order chi connectivity index (χ1) is 25.9. The third-order valence-corrected chi connectivity index (χ3v) is 7.16. The zero-order valence-electron chi connectivity index (χ0n) is 30.8. The van der Waals surface area contributed by atoms with Crippen molar-refractivity contribution in [3.8, 4) is 18.1 Å². The normalized spacial score (nSPS) is 19.8. The summed E-state index contributed by atoms with van der Waals surface area (Å²) in [4.78, 5) is 61.3. The molecule has 1 aliphatic heterocycles. The molecule has 1 fully saturated rings. The van der Waals surface area contributed by atoms with Crippen molar-refractivity contribution in [2.75, 3.05) is 71.8 Å². The number of ether oxygens (including phenoxy) is 10. The number of esters is 4. The molecule has 302 valence electrons. The Morgan fingerprint density at radius 3 is 2.00 bits per heavy atom. The van der Waals surface area contributed by atoms with Gasteiger partial charge in [0, 0.05) is 45.0 Å². The molecule has 54 heavy (non-hydrogen) atoms. The van der Waals surface area contributed by atoms with Crippen LogP contribution < -0.4 is 15.4 Å². The topological polar surface area (TPSA) is 242 Å². The van der Waals surface area contributed by atoms with Gasteiger partial charge in [-0.25, -0.2) is 4.79 Å². The van der Waals surface area contributed by atoms with Gasteiger partial charge < -0.3 is 62.9 Å². The van der Waals surface area contributed by atoms with Gasteiger partial charge in [0.15, 0.2) is 18.3 Å². The van der Waals surface area contributed by atoms with Crippen LogP contribution in [-0.2, 0) is 73.2 Å². The fourth-order valence-corrected chi connectivity index (χ4v) is 4.88. The van der Waals surface area contributed by atoms with Crippen molar-refractivity contribution in [3.05, 3.63) is 23.8 Å². The van der Waals surface area contributed by atoms with Gasteiger partial charge in [-0.15, -0.1) is 6.42 Å². The number of anilines is 1. The highest BCUT2D eigenvalue weighted by atomic mass is 16.7. The van der Waals surface area contributed by atoms with Gasteiger partial charge >= 0.3 is 23.9 Å². The summed E-state index contributed by atoms with van der Waals surface area (Å²) in [6.07, 6.45) is -3.90. The van der Waals surface area contributed by atoms with Crippen LogP contribution in [0.25, 0.3) is 0 Å². The smallest absolute Gasteiger partial charge is 0.339 e. The van der Waals surface area contributed by atoms with Gasteiger partial charge in [0.05, 0.1) is 60.0 Å². The first-order valence-corrected chi connectivity index (χ1v) is 17.0. The predicted molar refractivity (Wildman–Crippen MR) is 184 cm³/mol. The summed E-state index contributed by atoms with van der Waals surface area (Å²) in [6.45, 7) is 5.86. The summed E-state index contributed by atoms with van der Waals surface area (Å²) >= 11 is 0. The SMILES string of the molecule is C#CCOCCOCCOCCOCCN[C@H](O)CCC(=O)Nc1ccc(O[C@@H]2OC(C(=O)OC)[C@@H](OC(C)=O)C(OC(C)=O)C2OC(C)=O)c(CO)c1. The summed E-state index contributed by atoms with van der Waals surface area (Å²) in [5.41, 5.74) is 0.414. The standard InChI is InChI=1S/C35H50N2O17/c1-6-12-46-14-16-48-18-19-49-17-15-47-13-11-36-28(42)9-10-29(43)37-26-7-8-27(25(20-26)21-38)53-35-33(52-24(4)41)31(51-23(3)40)30(50-22(2)39)32(54-35)34(44)45-5/h1,7-8,20,28,30-33,35-36,38,42H,9-19,21H2,2-5H3,(H,37,43)/t28-,30+,31?,32?,33?,35-/m1/s1. The molecule has 0 bridgehead atoms. The van der Waals surface area contributed by atoms with E-state index >= 15 is 0 Å². The average molecular weight is 771 g/mol. The largest absolute Gasteiger partial charge is 0.467 e. The molecule has 1 aliphatic rings. The van der Waals surface area contributed by atoms with Crippen LogP contribution in [0.4, 0.5) is 5.69 Å². The van der Waals surface area contributed by atoms with E-state index in [0.717, 1.165) is 27.9 Å². The summed E-state index contributed by atoms with van der Waals surface area (Å²) in [5, 5.41) is 25.9. The molecule has 4 N–H and O–H groups in total. The maximum Gasteiger partial charge on any atom is 0.339 e. The molecule has 0 saturated carbocycles. The third-order valence-electron chi connectivity index (χ3n) is 7.16. The van der Waals surface area contributed by atoms with E-state index in [1.54, 1.807) is 0 Å². The highest BCUT2D eigenvalue weighted by Crippen LogP contribution is 2.33. The zero-order valence-corrected chi connectivity index (χ0v) is 30.8. The van der Waals surface area contributed by atoms with Crippen LogP contribution in [0, 0.1) is 12.3 Å². The minimum Gasteiger partial charge on any atom is -0.467 e. The lowest BCUT2D eigenvalue weighted by Crippen LogP contribution is -2.64. The van der Waals surface area contributed by atoms with Crippen molar-refractivity contribution in [1.29, 1.82) is 0 Å². The molecule has 6 atom stereocenters. The Balaban J connectivity index is 1.90. The fraction of sp³-hybridized carbons (Fsp3) is 0.629. The van der Waals surface area contributed by atoms with Gasteiger partial charge in [-0.2, -0.15) is 0 Å². The summed E-state index contributed by atoms with van der Waals surface area (Å²) < 4.78 is 53.7. The Hall–Kier alpha value is -4.39. The van der Waals surface area contributed by atoms with Crippen molar-refractivity contribution in [2.45, 2.75) is 77.2 Å². The van der Waals surface area contributed by atoms with Gasteiger partial charge in [0.1, 0.15) is 18.6 Å². The fourth-order valence-electron chi connectivity index (χ4n) is 4.88. The molecule has 0 spiro atoms.